The smallest absolute Gasteiger partial charge is 0.257 e. The van der Waals surface area contributed by atoms with Crippen molar-refractivity contribution >= 4 is 61.7 Å². The number of halogens is 1. The first-order valence-electron chi connectivity index (χ1n) is 8.38. The Morgan fingerprint density at radius 1 is 1.21 bits per heavy atom. The van der Waals surface area contributed by atoms with Crippen LogP contribution in [0.5, 0.6) is 5.75 Å². The van der Waals surface area contributed by atoms with Crippen LogP contribution in [0.2, 0.25) is 5.02 Å². The number of ether oxygens (including phenoxy) is 1. The van der Waals surface area contributed by atoms with E-state index < -0.39 is 5.91 Å². The van der Waals surface area contributed by atoms with E-state index in [-0.39, 0.29) is 24.7 Å². The molecule has 3 amide bonds. The van der Waals surface area contributed by atoms with Gasteiger partial charge in [-0.05, 0) is 30.3 Å². The topological polar surface area (TPSA) is 88.6 Å². The largest absolute Gasteiger partial charge is 0.494 e. The van der Waals surface area contributed by atoms with E-state index in [1.165, 1.54) is 24.5 Å². The fourth-order valence-electron chi connectivity index (χ4n) is 2.99. The number of anilines is 2. The molecule has 7 nitrogen and oxygen atoms in total. The lowest BCUT2D eigenvalue weighted by Gasteiger charge is -2.14. The number of amides is 3. The maximum atomic E-state index is 12.7. The molecule has 2 heterocycles. The second-order valence-corrected chi connectivity index (χ2v) is 7.48. The number of carbonyl (C=O) groups is 3. The lowest BCUT2D eigenvalue weighted by atomic mass is 10.2. The summed E-state index contributed by atoms with van der Waals surface area (Å²) in [5, 5.41) is 3.61. The monoisotopic (exact) mass is 415 g/mol. The molecule has 0 bridgehead atoms. The van der Waals surface area contributed by atoms with Crippen LogP contribution in [-0.2, 0) is 9.59 Å². The minimum atomic E-state index is -0.407. The zero-order chi connectivity index (χ0) is 19.8. The predicted octanol–water partition coefficient (Wildman–Crippen LogP) is 3.86. The number of methoxy groups -OCH3 is 1. The number of imide groups is 1. The van der Waals surface area contributed by atoms with E-state index in [2.05, 4.69) is 10.3 Å². The van der Waals surface area contributed by atoms with Crippen LogP contribution in [0.4, 0.5) is 10.8 Å². The number of thiazole rings is 1. The second kappa shape index (κ2) is 7.21. The molecule has 1 aromatic heterocycles. The van der Waals surface area contributed by atoms with Crippen molar-refractivity contribution in [3.8, 4) is 5.75 Å². The van der Waals surface area contributed by atoms with Crippen LogP contribution in [-0.4, -0.2) is 29.8 Å². The average Bonchev–Trinajstić information content (AvgIpc) is 3.26. The summed E-state index contributed by atoms with van der Waals surface area (Å²) in [6.07, 6.45) is 0.368. The number of nitrogens with one attached hydrogen (secondary N) is 1. The van der Waals surface area contributed by atoms with E-state index in [4.69, 9.17) is 16.3 Å². The molecule has 9 heteroatoms. The van der Waals surface area contributed by atoms with Gasteiger partial charge >= 0.3 is 0 Å². The molecule has 1 saturated heterocycles. The van der Waals surface area contributed by atoms with Gasteiger partial charge in [0.1, 0.15) is 11.3 Å². The third-order valence-corrected chi connectivity index (χ3v) is 5.75. The van der Waals surface area contributed by atoms with Crippen LogP contribution >= 0.6 is 22.9 Å². The first-order valence-corrected chi connectivity index (χ1v) is 9.57. The molecule has 0 aliphatic carbocycles. The van der Waals surface area contributed by atoms with Gasteiger partial charge in [0, 0.05) is 18.4 Å². The zero-order valence-corrected chi connectivity index (χ0v) is 16.3. The van der Waals surface area contributed by atoms with Crippen molar-refractivity contribution in [1.82, 2.24) is 4.98 Å². The molecule has 2 aromatic carbocycles. The molecule has 1 aliphatic rings. The summed E-state index contributed by atoms with van der Waals surface area (Å²) in [6.45, 7) is 0. The average molecular weight is 416 g/mol. The Balaban J connectivity index is 1.62. The number of hydrogen-bond donors (Lipinski definition) is 1. The molecular weight excluding hydrogens is 402 g/mol. The normalized spacial score (nSPS) is 14.0. The summed E-state index contributed by atoms with van der Waals surface area (Å²) in [7, 11) is 1.53. The number of carbonyl (C=O) groups excluding carboxylic acids is 3. The summed E-state index contributed by atoms with van der Waals surface area (Å²) in [4.78, 5) is 42.0. The summed E-state index contributed by atoms with van der Waals surface area (Å²) < 4.78 is 5.99. The minimum absolute atomic E-state index is 0.184. The van der Waals surface area contributed by atoms with Crippen molar-refractivity contribution in [2.75, 3.05) is 17.3 Å². The molecule has 0 spiro atoms. The molecule has 142 valence electrons. The van der Waals surface area contributed by atoms with Crippen molar-refractivity contribution < 1.29 is 19.1 Å². The Morgan fingerprint density at radius 2 is 1.96 bits per heavy atom. The summed E-state index contributed by atoms with van der Waals surface area (Å²) in [5.41, 5.74) is 1.26. The highest BCUT2D eigenvalue weighted by atomic mass is 35.5. The van der Waals surface area contributed by atoms with Gasteiger partial charge < -0.3 is 4.74 Å². The fraction of sp³-hybridized carbons (Fsp3) is 0.158. The van der Waals surface area contributed by atoms with Crippen molar-refractivity contribution in [2.24, 2.45) is 0 Å². The number of fused-ring (bicyclic) bond motifs is 1. The van der Waals surface area contributed by atoms with Gasteiger partial charge in [-0.25, -0.2) is 4.98 Å². The maximum Gasteiger partial charge on any atom is 0.257 e. The Bertz CT molecular complexity index is 1110. The van der Waals surface area contributed by atoms with Gasteiger partial charge in [-0.15, -0.1) is 0 Å². The van der Waals surface area contributed by atoms with Crippen LogP contribution in [0.25, 0.3) is 10.2 Å². The fourth-order valence-corrected chi connectivity index (χ4v) is 4.14. The number of hydrogen-bond acceptors (Lipinski definition) is 6. The van der Waals surface area contributed by atoms with Gasteiger partial charge in [-0.3, -0.25) is 24.6 Å². The van der Waals surface area contributed by atoms with Crippen LogP contribution in [0.3, 0.4) is 0 Å². The molecule has 0 saturated carbocycles. The van der Waals surface area contributed by atoms with E-state index in [1.807, 2.05) is 0 Å². The Kier molecular flexibility index (Phi) is 4.74. The van der Waals surface area contributed by atoms with Crippen LogP contribution in [0, 0.1) is 0 Å². The summed E-state index contributed by atoms with van der Waals surface area (Å²) >= 11 is 7.44. The number of rotatable bonds is 4. The third kappa shape index (κ3) is 3.21. The first kappa shape index (κ1) is 18.4. The molecule has 1 fully saturated rings. The van der Waals surface area contributed by atoms with Gasteiger partial charge in [0.2, 0.25) is 11.8 Å². The molecule has 0 atom stereocenters. The highest BCUT2D eigenvalue weighted by Gasteiger charge is 2.30. The zero-order valence-electron chi connectivity index (χ0n) is 14.7. The SMILES string of the molecule is COc1ccc(Cl)c2sc(NC(=O)c3cccc(N4C(=O)CCC4=O)c3)nc12. The Morgan fingerprint density at radius 3 is 2.68 bits per heavy atom. The van der Waals surface area contributed by atoms with Gasteiger partial charge in [-0.2, -0.15) is 0 Å². The molecular formula is C19H14ClN3O4S. The molecule has 4 rings (SSSR count). The summed E-state index contributed by atoms with van der Waals surface area (Å²) in [5.74, 6) is -0.384. The molecule has 0 unspecified atom stereocenters. The van der Waals surface area contributed by atoms with E-state index in [0.29, 0.717) is 37.4 Å². The minimum Gasteiger partial charge on any atom is -0.494 e. The molecule has 1 aliphatic heterocycles. The van der Waals surface area contributed by atoms with Crippen molar-refractivity contribution in [3.63, 3.8) is 0 Å². The molecule has 0 radical (unpaired) electrons. The maximum absolute atomic E-state index is 12.7. The molecule has 1 N–H and O–H groups in total. The number of benzene rings is 2. The molecule has 3 aromatic rings. The van der Waals surface area contributed by atoms with Crippen LogP contribution in [0.15, 0.2) is 36.4 Å². The van der Waals surface area contributed by atoms with Gasteiger partial charge in [0.05, 0.1) is 22.5 Å². The van der Waals surface area contributed by atoms with E-state index in [0.717, 1.165) is 4.90 Å². The lowest BCUT2D eigenvalue weighted by Crippen LogP contribution is -2.28. The predicted molar refractivity (Wildman–Crippen MR) is 107 cm³/mol. The lowest BCUT2D eigenvalue weighted by molar-refractivity contribution is -0.121. The van der Waals surface area contributed by atoms with Gasteiger partial charge in [0.25, 0.3) is 5.91 Å². The summed E-state index contributed by atoms with van der Waals surface area (Å²) in [6, 6.07) is 9.78. The number of aromatic nitrogens is 1. The van der Waals surface area contributed by atoms with Gasteiger partial charge in [-0.1, -0.05) is 29.0 Å². The van der Waals surface area contributed by atoms with E-state index in [9.17, 15) is 14.4 Å². The standard InChI is InChI=1S/C19H14ClN3O4S/c1-27-13-6-5-12(20)17-16(13)21-19(28-17)22-18(26)10-3-2-4-11(9-10)23-14(24)7-8-15(23)25/h2-6,9H,7-8H2,1H3,(H,21,22,26). The quantitative estimate of drug-likeness (QED) is 0.653. The highest BCUT2D eigenvalue weighted by molar-refractivity contribution is 7.23. The van der Waals surface area contributed by atoms with Gasteiger partial charge in [0.15, 0.2) is 5.13 Å². The Labute approximate surface area is 168 Å². The second-order valence-electron chi connectivity index (χ2n) is 6.07. The van der Waals surface area contributed by atoms with E-state index in [1.54, 1.807) is 30.3 Å². The van der Waals surface area contributed by atoms with Crippen LogP contribution < -0.4 is 15.0 Å². The van der Waals surface area contributed by atoms with Crippen LogP contribution in [0.1, 0.15) is 23.2 Å². The van der Waals surface area contributed by atoms with E-state index >= 15 is 0 Å². The van der Waals surface area contributed by atoms with Crippen molar-refractivity contribution in [2.45, 2.75) is 12.8 Å². The third-order valence-electron chi connectivity index (χ3n) is 4.32. The first-order chi connectivity index (χ1) is 13.5. The molecule has 28 heavy (non-hydrogen) atoms. The Hall–Kier alpha value is -2.97. The number of nitrogens with zero attached hydrogens (tertiary/aromatic N) is 2. The highest BCUT2D eigenvalue weighted by Crippen LogP contribution is 2.37. The van der Waals surface area contributed by atoms with Crippen molar-refractivity contribution in [3.05, 3.63) is 47.0 Å². The van der Waals surface area contributed by atoms with Crippen molar-refractivity contribution in [1.29, 1.82) is 0 Å².